The SMILES string of the molecule is CNc1ccc(C)c(-c2ccc3c(c2)C(=O)C(=O)c2ccccc2-3)c1.Cc1cc(-c2ccc3c(c2)C(=O)C(=O)c2ccccc2-3)c(C)[nH]1.Cc1cc(-c2ccc3c(c2)C(=O)C(=O)c2ccccc2-3)c(C)o1.Cc1cc(-c2ccc3c(c2)C(=O)C(=O)c2ccccc2-3)c(C)s1. The lowest BCUT2D eigenvalue weighted by Crippen LogP contribution is -2.21. The van der Waals surface area contributed by atoms with E-state index >= 15 is 0 Å². The average molecular weight is 1250 g/mol. The van der Waals surface area contributed by atoms with Gasteiger partial charge in [0.15, 0.2) is 0 Å². The molecule has 94 heavy (non-hydrogen) atoms. The van der Waals surface area contributed by atoms with Gasteiger partial charge < -0.3 is 14.7 Å². The third-order valence-electron chi connectivity index (χ3n) is 17.7. The highest BCUT2D eigenvalue weighted by Crippen LogP contribution is 2.42. The predicted molar refractivity (Wildman–Crippen MR) is 371 cm³/mol. The number of hydrogen-bond acceptors (Lipinski definition) is 11. The van der Waals surface area contributed by atoms with Gasteiger partial charge in [0, 0.05) is 89.5 Å². The van der Waals surface area contributed by atoms with E-state index in [4.69, 9.17) is 4.42 Å². The number of thiophene rings is 1. The Labute approximate surface area is 546 Å². The monoisotopic (exact) mass is 1250 g/mol. The van der Waals surface area contributed by atoms with Crippen molar-refractivity contribution >= 4 is 63.3 Å². The van der Waals surface area contributed by atoms with Crippen LogP contribution in [0.2, 0.25) is 0 Å². The van der Waals surface area contributed by atoms with Crippen LogP contribution in [0.3, 0.4) is 0 Å². The molecule has 0 bridgehead atoms. The van der Waals surface area contributed by atoms with Crippen LogP contribution in [0.15, 0.2) is 211 Å². The molecule has 4 aliphatic rings. The van der Waals surface area contributed by atoms with Gasteiger partial charge in [-0.25, -0.2) is 0 Å². The van der Waals surface area contributed by atoms with Crippen LogP contribution in [-0.2, 0) is 0 Å². The van der Waals surface area contributed by atoms with Crippen molar-refractivity contribution in [3.63, 3.8) is 0 Å². The number of rotatable bonds is 5. The van der Waals surface area contributed by atoms with Gasteiger partial charge in [-0.05, 0) is 187 Å². The van der Waals surface area contributed by atoms with E-state index in [9.17, 15) is 38.4 Å². The molecule has 3 heterocycles. The number of aromatic nitrogens is 1. The van der Waals surface area contributed by atoms with Crippen molar-refractivity contribution in [2.75, 3.05) is 12.4 Å². The number of carbonyl (C=O) groups is 8. The zero-order valence-corrected chi connectivity index (χ0v) is 53.5. The quantitative estimate of drug-likeness (QED) is 0.158. The number of fused-ring (bicyclic) bond motifs is 12. The normalized spacial score (nSPS) is 12.9. The summed E-state index contributed by atoms with van der Waals surface area (Å²) in [5, 5.41) is 3.13. The maximum Gasteiger partial charge on any atom is 0.234 e. The Bertz CT molecular complexity index is 4890. The molecule has 16 rings (SSSR count). The molecule has 0 aliphatic heterocycles. The first-order valence-electron chi connectivity index (χ1n) is 30.7. The molecule has 0 spiro atoms. The molecule has 0 saturated heterocycles. The molecule has 12 aromatic rings. The van der Waals surface area contributed by atoms with Crippen molar-refractivity contribution in [3.05, 3.63) is 289 Å². The standard InChI is InChI=1S/C22H17NO2.C20H15NO2.C20H14O3.C20H14O2S/c1-13-7-9-15(23-2)12-19(13)14-8-10-17-16-5-3-4-6-18(16)21(24)22(25)20(17)11-14;1-11-9-17(12(2)21-11)13-7-8-15-14-5-3-4-6-16(14)19(22)20(23)18(15)10-13;2*1-11-9-17(12(2)23-11)13-7-8-15-14-5-3-4-6-16(14)19(21)20(22)18(15)10-13/h3-12,23H,1-2H3;3-10,21H,1-2H3;2*3-10H,1-2H3. The molecule has 2 N–H and O–H groups in total. The zero-order chi connectivity index (χ0) is 66.0. The third-order valence-corrected chi connectivity index (χ3v) is 18.7. The Morgan fingerprint density at radius 1 is 0.309 bits per heavy atom. The Balaban J connectivity index is 0.000000114. The van der Waals surface area contributed by atoms with Gasteiger partial charge in [-0.2, -0.15) is 0 Å². The second-order valence-electron chi connectivity index (χ2n) is 23.8. The van der Waals surface area contributed by atoms with Gasteiger partial charge in [-0.1, -0.05) is 152 Å². The fourth-order valence-corrected chi connectivity index (χ4v) is 14.1. The summed E-state index contributed by atoms with van der Waals surface area (Å²) in [5.41, 5.74) is 22.8. The van der Waals surface area contributed by atoms with E-state index < -0.39 is 46.3 Å². The van der Waals surface area contributed by atoms with Gasteiger partial charge in [0.2, 0.25) is 46.3 Å². The molecule has 11 nitrogen and oxygen atoms in total. The number of hydrogen-bond donors (Lipinski definition) is 2. The highest BCUT2D eigenvalue weighted by Gasteiger charge is 2.34. The summed E-state index contributed by atoms with van der Waals surface area (Å²) >= 11 is 1.74. The minimum atomic E-state index is -0.446. The van der Waals surface area contributed by atoms with Crippen molar-refractivity contribution in [1.82, 2.24) is 4.98 Å². The second kappa shape index (κ2) is 24.6. The molecule has 4 aliphatic carbocycles. The summed E-state index contributed by atoms with van der Waals surface area (Å²) in [6.07, 6.45) is 0. The van der Waals surface area contributed by atoms with Crippen LogP contribution in [0.1, 0.15) is 121 Å². The van der Waals surface area contributed by atoms with Gasteiger partial charge in [0.1, 0.15) is 11.5 Å². The number of nitrogens with one attached hydrogen (secondary N) is 2. The highest BCUT2D eigenvalue weighted by molar-refractivity contribution is 7.12. The van der Waals surface area contributed by atoms with Crippen molar-refractivity contribution in [1.29, 1.82) is 0 Å². The lowest BCUT2D eigenvalue weighted by Gasteiger charge is -2.19. The van der Waals surface area contributed by atoms with E-state index in [-0.39, 0.29) is 0 Å². The van der Waals surface area contributed by atoms with E-state index in [1.807, 2.05) is 175 Å². The van der Waals surface area contributed by atoms with Crippen molar-refractivity contribution in [2.45, 2.75) is 48.5 Å². The summed E-state index contributed by atoms with van der Waals surface area (Å²) in [6, 6.07) is 64.5. The fraction of sp³-hybridized carbons (Fsp3) is 0.0976. The van der Waals surface area contributed by atoms with Gasteiger partial charge in [0.05, 0.1) is 0 Å². The first kappa shape index (κ1) is 61.3. The number of aromatic amines is 1. The lowest BCUT2D eigenvalue weighted by molar-refractivity contribution is 0.0815. The number of furan rings is 1. The summed E-state index contributed by atoms with van der Waals surface area (Å²) < 4.78 is 5.57. The fourth-order valence-electron chi connectivity index (χ4n) is 13.1. The summed E-state index contributed by atoms with van der Waals surface area (Å²) in [5.74, 6) is -1.80. The minimum Gasteiger partial charge on any atom is -0.466 e. The molecule has 0 fully saturated rings. The predicted octanol–water partition coefficient (Wildman–Crippen LogP) is 18.8. The van der Waals surface area contributed by atoms with Crippen molar-refractivity contribution in [3.8, 4) is 89.0 Å². The van der Waals surface area contributed by atoms with Crippen LogP contribution in [-0.4, -0.2) is 58.3 Å². The molecule has 0 atom stereocenters. The highest BCUT2D eigenvalue weighted by atomic mass is 32.1. The molecular weight excluding hydrogens is 1190 g/mol. The van der Waals surface area contributed by atoms with Crippen LogP contribution in [0.4, 0.5) is 5.69 Å². The number of benzene rings is 9. The van der Waals surface area contributed by atoms with Crippen molar-refractivity contribution < 1.29 is 42.8 Å². The molecule has 0 unspecified atom stereocenters. The van der Waals surface area contributed by atoms with Gasteiger partial charge >= 0.3 is 0 Å². The second-order valence-corrected chi connectivity index (χ2v) is 25.2. The van der Waals surface area contributed by atoms with E-state index in [1.165, 1.54) is 9.75 Å². The molecule has 3 aromatic heterocycles. The van der Waals surface area contributed by atoms with Gasteiger partial charge in [0.25, 0.3) is 0 Å². The first-order chi connectivity index (χ1) is 45.3. The maximum atomic E-state index is 12.6. The van der Waals surface area contributed by atoms with E-state index in [1.54, 1.807) is 65.9 Å². The van der Waals surface area contributed by atoms with Crippen molar-refractivity contribution in [2.24, 2.45) is 0 Å². The Kier molecular flexibility index (Phi) is 16.0. The Morgan fingerprint density at radius 3 is 0.979 bits per heavy atom. The van der Waals surface area contributed by atoms with Crippen LogP contribution >= 0.6 is 11.3 Å². The van der Waals surface area contributed by atoms with Gasteiger partial charge in [-0.3, -0.25) is 38.4 Å². The lowest BCUT2D eigenvalue weighted by atomic mass is 9.82. The van der Waals surface area contributed by atoms with Crippen LogP contribution < -0.4 is 5.32 Å². The third kappa shape index (κ3) is 10.9. The van der Waals surface area contributed by atoms with E-state index in [0.29, 0.717) is 44.5 Å². The number of anilines is 1. The molecule has 458 valence electrons. The molecule has 0 saturated carbocycles. The molecular formula is C82H60N2O9S. The van der Waals surface area contributed by atoms with Crippen LogP contribution in [0.5, 0.6) is 0 Å². The first-order valence-corrected chi connectivity index (χ1v) is 31.5. The minimum absolute atomic E-state index is 0.412. The van der Waals surface area contributed by atoms with E-state index in [0.717, 1.165) is 123 Å². The van der Waals surface area contributed by atoms with Crippen LogP contribution in [0, 0.1) is 48.5 Å². The number of carbonyl (C=O) groups excluding carboxylic acids is 8. The smallest absolute Gasteiger partial charge is 0.234 e. The molecule has 9 aromatic carbocycles. The molecule has 0 radical (unpaired) electrons. The van der Waals surface area contributed by atoms with E-state index in [2.05, 4.69) is 42.3 Å². The number of Topliss-reactive ketones (excluding diaryl/α,β-unsaturated/α-hetero) is 8. The molecule has 12 heteroatoms. The zero-order valence-electron chi connectivity index (χ0n) is 52.7. The summed E-state index contributed by atoms with van der Waals surface area (Å²) in [6.45, 7) is 14.0. The number of H-pyrrole nitrogens is 1. The maximum absolute atomic E-state index is 12.6. The number of ketones is 8. The summed E-state index contributed by atoms with van der Waals surface area (Å²) in [4.78, 5) is 105. The van der Waals surface area contributed by atoms with Gasteiger partial charge in [-0.15, -0.1) is 11.3 Å². The number of aryl methyl sites for hydroxylation is 7. The molecule has 0 amide bonds. The topological polar surface area (TPSA) is 178 Å². The Morgan fingerprint density at radius 2 is 0.649 bits per heavy atom. The average Bonchev–Trinajstić information content (AvgIpc) is 0.878. The van der Waals surface area contributed by atoms with Crippen LogP contribution in [0.25, 0.3) is 89.0 Å². The summed E-state index contributed by atoms with van der Waals surface area (Å²) in [7, 11) is 1.88. The largest absolute Gasteiger partial charge is 0.466 e. The Hall–Kier alpha value is -11.6.